The fourth-order valence-corrected chi connectivity index (χ4v) is 2.07. The molecule has 2 aromatic rings. The fourth-order valence-electron chi connectivity index (χ4n) is 2.07. The standard InChI is InChI=1S/C17H20O2/c1-12-7-9-15(10-8-12)16(18)11-19-17-13(2)5-4-6-14(17)3/h4-10,16,18H,11H2,1-3H3. The summed E-state index contributed by atoms with van der Waals surface area (Å²) in [6, 6.07) is 13.9. The summed E-state index contributed by atoms with van der Waals surface area (Å²) in [6.07, 6.45) is -0.598. The number of aryl methyl sites for hydroxylation is 3. The Bertz CT molecular complexity index is 523. The van der Waals surface area contributed by atoms with Crippen LogP contribution < -0.4 is 4.74 Å². The normalized spacial score (nSPS) is 12.2. The first-order valence-electron chi connectivity index (χ1n) is 6.51. The molecule has 1 N–H and O–H groups in total. The van der Waals surface area contributed by atoms with Crippen LogP contribution in [0.25, 0.3) is 0 Å². The van der Waals surface area contributed by atoms with Crippen molar-refractivity contribution < 1.29 is 9.84 Å². The maximum Gasteiger partial charge on any atom is 0.125 e. The van der Waals surface area contributed by atoms with E-state index >= 15 is 0 Å². The Morgan fingerprint density at radius 1 is 0.947 bits per heavy atom. The molecule has 0 aromatic heterocycles. The first-order valence-corrected chi connectivity index (χ1v) is 6.51. The Labute approximate surface area is 114 Å². The van der Waals surface area contributed by atoms with Gasteiger partial charge in [-0.3, -0.25) is 0 Å². The van der Waals surface area contributed by atoms with Crippen molar-refractivity contribution in [3.63, 3.8) is 0 Å². The van der Waals surface area contributed by atoms with Crippen LogP contribution in [0.5, 0.6) is 5.75 Å². The van der Waals surface area contributed by atoms with Gasteiger partial charge in [0.05, 0.1) is 0 Å². The van der Waals surface area contributed by atoms with Gasteiger partial charge in [-0.05, 0) is 37.5 Å². The first-order chi connectivity index (χ1) is 9.08. The predicted octanol–water partition coefficient (Wildman–Crippen LogP) is 3.72. The maximum atomic E-state index is 10.1. The third-order valence-corrected chi connectivity index (χ3v) is 3.26. The maximum absolute atomic E-state index is 10.1. The van der Waals surface area contributed by atoms with E-state index in [4.69, 9.17) is 4.74 Å². The highest BCUT2D eigenvalue weighted by molar-refractivity contribution is 5.39. The van der Waals surface area contributed by atoms with Gasteiger partial charge in [0.15, 0.2) is 0 Å². The molecule has 0 fully saturated rings. The van der Waals surface area contributed by atoms with Crippen LogP contribution in [0.3, 0.4) is 0 Å². The van der Waals surface area contributed by atoms with E-state index in [1.54, 1.807) is 0 Å². The molecule has 19 heavy (non-hydrogen) atoms. The lowest BCUT2D eigenvalue weighted by Gasteiger charge is -2.16. The molecule has 0 amide bonds. The Morgan fingerprint density at radius 2 is 1.53 bits per heavy atom. The van der Waals surface area contributed by atoms with Gasteiger partial charge in [0.1, 0.15) is 18.5 Å². The van der Waals surface area contributed by atoms with Gasteiger partial charge in [-0.15, -0.1) is 0 Å². The topological polar surface area (TPSA) is 29.5 Å². The van der Waals surface area contributed by atoms with E-state index in [0.717, 1.165) is 22.4 Å². The van der Waals surface area contributed by atoms with E-state index in [9.17, 15) is 5.11 Å². The average Bonchev–Trinajstić information content (AvgIpc) is 2.38. The van der Waals surface area contributed by atoms with Crippen LogP contribution in [0.2, 0.25) is 0 Å². The number of para-hydroxylation sites is 1. The van der Waals surface area contributed by atoms with Crippen molar-refractivity contribution in [3.05, 3.63) is 64.7 Å². The number of hydrogen-bond acceptors (Lipinski definition) is 2. The van der Waals surface area contributed by atoms with Crippen LogP contribution in [0.15, 0.2) is 42.5 Å². The number of hydrogen-bond donors (Lipinski definition) is 1. The van der Waals surface area contributed by atoms with E-state index in [2.05, 4.69) is 0 Å². The van der Waals surface area contributed by atoms with Crippen molar-refractivity contribution >= 4 is 0 Å². The summed E-state index contributed by atoms with van der Waals surface area (Å²) in [4.78, 5) is 0. The van der Waals surface area contributed by atoms with Crippen molar-refractivity contribution in [1.29, 1.82) is 0 Å². The SMILES string of the molecule is Cc1ccc(C(O)COc2c(C)cccc2C)cc1. The smallest absolute Gasteiger partial charge is 0.125 e. The van der Waals surface area contributed by atoms with Crippen LogP contribution in [-0.2, 0) is 0 Å². The molecule has 2 nitrogen and oxygen atoms in total. The van der Waals surface area contributed by atoms with Gasteiger partial charge in [0.25, 0.3) is 0 Å². The van der Waals surface area contributed by atoms with Gasteiger partial charge in [0, 0.05) is 0 Å². The number of aliphatic hydroxyl groups excluding tert-OH is 1. The van der Waals surface area contributed by atoms with E-state index < -0.39 is 6.10 Å². The quantitative estimate of drug-likeness (QED) is 0.903. The average molecular weight is 256 g/mol. The van der Waals surface area contributed by atoms with Crippen LogP contribution in [0, 0.1) is 20.8 Å². The molecule has 0 saturated heterocycles. The van der Waals surface area contributed by atoms with Crippen molar-refractivity contribution in [2.75, 3.05) is 6.61 Å². The van der Waals surface area contributed by atoms with Gasteiger partial charge in [-0.25, -0.2) is 0 Å². The zero-order valence-corrected chi connectivity index (χ0v) is 11.7. The van der Waals surface area contributed by atoms with E-state index in [1.807, 2.05) is 63.2 Å². The Kier molecular flexibility index (Phi) is 4.23. The summed E-state index contributed by atoms with van der Waals surface area (Å²) < 4.78 is 5.76. The van der Waals surface area contributed by atoms with Crippen LogP contribution in [0.4, 0.5) is 0 Å². The van der Waals surface area contributed by atoms with Gasteiger partial charge >= 0.3 is 0 Å². The molecular weight excluding hydrogens is 236 g/mol. The zero-order valence-electron chi connectivity index (χ0n) is 11.7. The highest BCUT2D eigenvalue weighted by atomic mass is 16.5. The highest BCUT2D eigenvalue weighted by Crippen LogP contribution is 2.24. The van der Waals surface area contributed by atoms with Crippen molar-refractivity contribution in [1.82, 2.24) is 0 Å². The van der Waals surface area contributed by atoms with Gasteiger partial charge in [-0.1, -0.05) is 48.0 Å². The lowest BCUT2D eigenvalue weighted by molar-refractivity contribution is 0.107. The van der Waals surface area contributed by atoms with Gasteiger partial charge in [-0.2, -0.15) is 0 Å². The Balaban J connectivity index is 2.04. The molecule has 0 radical (unpaired) electrons. The lowest BCUT2D eigenvalue weighted by Crippen LogP contribution is -2.10. The third kappa shape index (κ3) is 3.36. The summed E-state index contributed by atoms with van der Waals surface area (Å²) in [5, 5.41) is 10.1. The minimum Gasteiger partial charge on any atom is -0.490 e. The molecule has 0 aliphatic rings. The molecule has 0 bridgehead atoms. The summed E-state index contributed by atoms with van der Waals surface area (Å²) in [6.45, 7) is 6.33. The molecule has 0 aliphatic carbocycles. The van der Waals surface area contributed by atoms with Crippen LogP contribution in [0.1, 0.15) is 28.4 Å². The number of rotatable bonds is 4. The van der Waals surface area contributed by atoms with E-state index in [1.165, 1.54) is 5.56 Å². The molecule has 0 saturated carbocycles. The molecule has 2 heteroatoms. The lowest BCUT2D eigenvalue weighted by atomic mass is 10.1. The Hall–Kier alpha value is -1.80. The van der Waals surface area contributed by atoms with Gasteiger partial charge < -0.3 is 9.84 Å². The summed E-state index contributed by atoms with van der Waals surface area (Å²) in [5.41, 5.74) is 4.26. The molecule has 0 aliphatic heterocycles. The molecule has 2 rings (SSSR count). The van der Waals surface area contributed by atoms with E-state index in [0.29, 0.717) is 0 Å². The number of benzene rings is 2. The molecule has 0 spiro atoms. The second-order valence-electron chi connectivity index (χ2n) is 4.96. The van der Waals surface area contributed by atoms with Crippen LogP contribution in [-0.4, -0.2) is 11.7 Å². The largest absolute Gasteiger partial charge is 0.490 e. The second kappa shape index (κ2) is 5.89. The van der Waals surface area contributed by atoms with Crippen LogP contribution >= 0.6 is 0 Å². The molecule has 2 aromatic carbocycles. The Morgan fingerprint density at radius 3 is 2.11 bits per heavy atom. The molecule has 1 unspecified atom stereocenters. The second-order valence-corrected chi connectivity index (χ2v) is 4.96. The van der Waals surface area contributed by atoms with Gasteiger partial charge in [0.2, 0.25) is 0 Å². The number of ether oxygens (including phenoxy) is 1. The molecule has 1 atom stereocenters. The minimum atomic E-state index is -0.598. The van der Waals surface area contributed by atoms with E-state index in [-0.39, 0.29) is 6.61 Å². The van der Waals surface area contributed by atoms with Crippen molar-refractivity contribution in [2.45, 2.75) is 26.9 Å². The summed E-state index contributed by atoms with van der Waals surface area (Å²) in [7, 11) is 0. The highest BCUT2D eigenvalue weighted by Gasteiger charge is 2.10. The van der Waals surface area contributed by atoms with Crippen molar-refractivity contribution in [3.8, 4) is 5.75 Å². The third-order valence-electron chi connectivity index (χ3n) is 3.26. The minimum absolute atomic E-state index is 0.273. The fraction of sp³-hybridized carbons (Fsp3) is 0.294. The summed E-state index contributed by atoms with van der Waals surface area (Å²) in [5.74, 6) is 0.869. The summed E-state index contributed by atoms with van der Waals surface area (Å²) >= 11 is 0. The predicted molar refractivity (Wildman–Crippen MR) is 77.5 cm³/mol. The molecular formula is C17H20O2. The number of aliphatic hydroxyl groups is 1. The molecule has 100 valence electrons. The van der Waals surface area contributed by atoms with Crippen molar-refractivity contribution in [2.24, 2.45) is 0 Å². The zero-order chi connectivity index (χ0) is 13.8. The molecule has 0 heterocycles. The first kappa shape index (κ1) is 13.6. The monoisotopic (exact) mass is 256 g/mol.